The highest BCUT2D eigenvalue weighted by Gasteiger charge is 2.21. The Morgan fingerprint density at radius 3 is 2.18 bits per heavy atom. The van der Waals surface area contributed by atoms with Gasteiger partial charge in [-0.05, 0) is 76.9 Å². The zero-order valence-electron chi connectivity index (χ0n) is 12.2. The molecular formula is C20H16IN. The fourth-order valence-electron chi connectivity index (χ4n) is 3.15. The molecule has 0 atom stereocenters. The molecule has 1 aliphatic heterocycles. The van der Waals surface area contributed by atoms with E-state index in [1.54, 1.807) is 0 Å². The fourth-order valence-corrected chi connectivity index (χ4v) is 3.63. The molecular weight excluding hydrogens is 381 g/mol. The van der Waals surface area contributed by atoms with Crippen molar-refractivity contribution in [2.75, 3.05) is 4.90 Å². The van der Waals surface area contributed by atoms with Crippen molar-refractivity contribution in [2.45, 2.75) is 12.8 Å². The van der Waals surface area contributed by atoms with E-state index in [9.17, 15) is 0 Å². The maximum absolute atomic E-state index is 2.40. The quantitative estimate of drug-likeness (QED) is 0.465. The van der Waals surface area contributed by atoms with Crippen LogP contribution >= 0.6 is 22.6 Å². The molecule has 0 bridgehead atoms. The lowest BCUT2D eigenvalue weighted by molar-refractivity contribution is 0.977. The van der Waals surface area contributed by atoms with E-state index in [0.717, 1.165) is 12.8 Å². The van der Waals surface area contributed by atoms with Crippen LogP contribution in [0.4, 0.5) is 17.1 Å². The summed E-state index contributed by atoms with van der Waals surface area (Å²) in [6.07, 6.45) is 2.18. The molecule has 4 rings (SSSR count). The number of rotatable bonds is 1. The van der Waals surface area contributed by atoms with Gasteiger partial charge in [0, 0.05) is 14.9 Å². The third kappa shape index (κ3) is 2.41. The molecule has 2 heteroatoms. The van der Waals surface area contributed by atoms with Gasteiger partial charge >= 0.3 is 0 Å². The second-order valence-electron chi connectivity index (χ2n) is 5.57. The maximum atomic E-state index is 2.40. The van der Waals surface area contributed by atoms with Crippen LogP contribution in [0.25, 0.3) is 0 Å². The first-order valence-electron chi connectivity index (χ1n) is 7.54. The van der Waals surface area contributed by atoms with E-state index in [1.165, 1.54) is 31.8 Å². The van der Waals surface area contributed by atoms with Crippen LogP contribution in [0.5, 0.6) is 0 Å². The smallest absolute Gasteiger partial charge is 0.0504 e. The third-order valence-corrected chi connectivity index (χ3v) is 4.87. The Morgan fingerprint density at radius 1 is 0.682 bits per heavy atom. The first kappa shape index (κ1) is 13.8. The van der Waals surface area contributed by atoms with Gasteiger partial charge in [-0.2, -0.15) is 0 Å². The van der Waals surface area contributed by atoms with Crippen LogP contribution in [0.1, 0.15) is 11.1 Å². The second-order valence-corrected chi connectivity index (χ2v) is 6.82. The molecule has 0 aliphatic carbocycles. The number of hydrogen-bond donors (Lipinski definition) is 0. The predicted octanol–water partition coefficient (Wildman–Crippen LogP) is 5.86. The van der Waals surface area contributed by atoms with E-state index >= 15 is 0 Å². The van der Waals surface area contributed by atoms with E-state index in [1.807, 2.05) is 0 Å². The van der Waals surface area contributed by atoms with Gasteiger partial charge in [0.25, 0.3) is 0 Å². The predicted molar refractivity (Wildman–Crippen MR) is 101 cm³/mol. The molecule has 1 nitrogen and oxygen atoms in total. The van der Waals surface area contributed by atoms with E-state index in [4.69, 9.17) is 0 Å². The van der Waals surface area contributed by atoms with Gasteiger partial charge in [-0.15, -0.1) is 0 Å². The number of para-hydroxylation sites is 2. The molecule has 0 unspecified atom stereocenters. The Balaban J connectivity index is 2.00. The highest BCUT2D eigenvalue weighted by Crippen LogP contribution is 2.41. The Bertz CT molecular complexity index is 811. The molecule has 3 aromatic rings. The second kappa shape index (κ2) is 5.76. The fraction of sp³-hybridized carbons (Fsp3) is 0.100. The summed E-state index contributed by atoms with van der Waals surface area (Å²) in [6, 6.07) is 26.2. The van der Waals surface area contributed by atoms with Gasteiger partial charge in [0.2, 0.25) is 0 Å². The van der Waals surface area contributed by atoms with Gasteiger partial charge in [-0.25, -0.2) is 0 Å². The maximum Gasteiger partial charge on any atom is 0.0504 e. The van der Waals surface area contributed by atoms with Crippen molar-refractivity contribution in [3.63, 3.8) is 0 Å². The van der Waals surface area contributed by atoms with Crippen LogP contribution in [0.15, 0.2) is 72.8 Å². The molecule has 22 heavy (non-hydrogen) atoms. The summed E-state index contributed by atoms with van der Waals surface area (Å²) in [5.41, 5.74) is 6.66. The minimum atomic E-state index is 1.09. The molecule has 0 N–H and O–H groups in total. The normalized spacial score (nSPS) is 13.2. The minimum absolute atomic E-state index is 1.09. The van der Waals surface area contributed by atoms with Crippen LogP contribution in [0.3, 0.4) is 0 Å². The first-order valence-corrected chi connectivity index (χ1v) is 8.62. The largest absolute Gasteiger partial charge is 0.310 e. The van der Waals surface area contributed by atoms with Gasteiger partial charge in [0.1, 0.15) is 0 Å². The molecule has 1 aliphatic rings. The van der Waals surface area contributed by atoms with Gasteiger partial charge in [-0.3, -0.25) is 0 Å². The van der Waals surface area contributed by atoms with Gasteiger partial charge in [0.15, 0.2) is 0 Å². The highest BCUT2D eigenvalue weighted by molar-refractivity contribution is 14.1. The summed E-state index contributed by atoms with van der Waals surface area (Å²) in [5.74, 6) is 0. The van der Waals surface area contributed by atoms with E-state index in [2.05, 4.69) is 100 Å². The lowest BCUT2D eigenvalue weighted by Gasteiger charge is -2.27. The van der Waals surface area contributed by atoms with Crippen LogP contribution in [-0.2, 0) is 12.8 Å². The summed E-state index contributed by atoms with van der Waals surface area (Å²) in [6.45, 7) is 0. The number of nitrogens with zero attached hydrogens (tertiary/aromatic N) is 1. The monoisotopic (exact) mass is 397 g/mol. The molecule has 108 valence electrons. The summed E-state index contributed by atoms with van der Waals surface area (Å²) < 4.78 is 1.27. The van der Waals surface area contributed by atoms with Crippen molar-refractivity contribution in [2.24, 2.45) is 0 Å². The van der Waals surface area contributed by atoms with Crippen molar-refractivity contribution in [3.8, 4) is 0 Å². The van der Waals surface area contributed by atoms with E-state index in [-0.39, 0.29) is 0 Å². The Hall–Kier alpha value is -1.81. The topological polar surface area (TPSA) is 3.24 Å². The standard InChI is InChI=1S/C20H16IN/c21-17-13-12-16-11-10-15-6-4-5-9-19(15)22(20(16)14-17)18-7-2-1-3-8-18/h1-9,12-14H,10-11H2. The average molecular weight is 397 g/mol. The number of halogens is 1. The van der Waals surface area contributed by atoms with E-state index < -0.39 is 0 Å². The molecule has 0 amide bonds. The van der Waals surface area contributed by atoms with Crippen molar-refractivity contribution >= 4 is 39.7 Å². The van der Waals surface area contributed by atoms with E-state index in [0.29, 0.717) is 0 Å². The molecule has 0 saturated carbocycles. The lowest BCUT2D eigenvalue weighted by Crippen LogP contribution is -2.11. The highest BCUT2D eigenvalue weighted by atomic mass is 127. The molecule has 0 saturated heterocycles. The Morgan fingerprint density at radius 2 is 1.36 bits per heavy atom. The average Bonchev–Trinajstić information content (AvgIpc) is 2.72. The molecule has 0 aromatic heterocycles. The van der Waals surface area contributed by atoms with Crippen LogP contribution in [0.2, 0.25) is 0 Å². The summed E-state index contributed by atoms with van der Waals surface area (Å²) >= 11 is 2.40. The number of hydrogen-bond acceptors (Lipinski definition) is 1. The first-order chi connectivity index (χ1) is 10.8. The van der Waals surface area contributed by atoms with Gasteiger partial charge in [0.05, 0.1) is 5.69 Å². The van der Waals surface area contributed by atoms with Crippen molar-refractivity contribution < 1.29 is 0 Å². The van der Waals surface area contributed by atoms with Crippen LogP contribution in [0, 0.1) is 3.57 Å². The van der Waals surface area contributed by atoms with Crippen molar-refractivity contribution in [1.82, 2.24) is 0 Å². The van der Waals surface area contributed by atoms with Crippen LogP contribution in [-0.4, -0.2) is 0 Å². The van der Waals surface area contributed by atoms with Crippen molar-refractivity contribution in [1.29, 1.82) is 0 Å². The van der Waals surface area contributed by atoms with Crippen LogP contribution < -0.4 is 4.90 Å². The Kier molecular flexibility index (Phi) is 3.62. The lowest BCUT2D eigenvalue weighted by atomic mass is 10.0. The minimum Gasteiger partial charge on any atom is -0.310 e. The Labute approximate surface area is 144 Å². The summed E-state index contributed by atoms with van der Waals surface area (Å²) in [5, 5.41) is 0. The van der Waals surface area contributed by atoms with Gasteiger partial charge in [-0.1, -0.05) is 42.5 Å². The number of benzene rings is 3. The zero-order chi connectivity index (χ0) is 14.9. The molecule has 0 spiro atoms. The molecule has 1 heterocycles. The summed E-state index contributed by atoms with van der Waals surface area (Å²) in [7, 11) is 0. The SMILES string of the molecule is Ic1ccc2c(c1)N(c1ccccc1)c1ccccc1CC2. The molecule has 0 fully saturated rings. The van der Waals surface area contributed by atoms with Crippen molar-refractivity contribution in [3.05, 3.63) is 87.5 Å². The molecule has 0 radical (unpaired) electrons. The number of anilines is 3. The zero-order valence-corrected chi connectivity index (χ0v) is 14.3. The number of fused-ring (bicyclic) bond motifs is 2. The molecule has 3 aromatic carbocycles. The van der Waals surface area contributed by atoms with Gasteiger partial charge < -0.3 is 4.90 Å². The summed E-state index contributed by atoms with van der Waals surface area (Å²) in [4.78, 5) is 2.40. The number of aryl methyl sites for hydroxylation is 2. The third-order valence-electron chi connectivity index (χ3n) is 4.20.